The molecule has 0 fully saturated rings. The Labute approximate surface area is 125 Å². The molecule has 0 N–H and O–H groups in total. The van der Waals surface area contributed by atoms with Gasteiger partial charge in [0.1, 0.15) is 24.4 Å². The van der Waals surface area contributed by atoms with Crippen molar-refractivity contribution in [2.45, 2.75) is 12.8 Å². The van der Waals surface area contributed by atoms with Crippen LogP contribution in [0, 0.1) is 0 Å². The Hall–Kier alpha value is -2.50. The summed E-state index contributed by atoms with van der Waals surface area (Å²) < 4.78 is 49.1. The fraction of sp³-hybridized carbons (Fsp3) is 0.188. The number of carbonyl (C=O) groups is 1. The first-order chi connectivity index (χ1) is 10.5. The summed E-state index contributed by atoms with van der Waals surface area (Å²) in [6.45, 7) is -0.141. The number of methoxy groups -OCH3 is 1. The molecule has 6 heteroatoms. The molecule has 0 unspecified atom stereocenters. The lowest BCUT2D eigenvalue weighted by Crippen LogP contribution is -2.09. The molecule has 2 rings (SSSR count). The van der Waals surface area contributed by atoms with Gasteiger partial charge in [0.2, 0.25) is 0 Å². The molecule has 0 spiro atoms. The summed E-state index contributed by atoms with van der Waals surface area (Å²) in [6, 6.07) is 9.60. The van der Waals surface area contributed by atoms with Gasteiger partial charge in [-0.05, 0) is 30.3 Å². The van der Waals surface area contributed by atoms with Crippen LogP contribution in [0.4, 0.5) is 13.2 Å². The van der Waals surface area contributed by atoms with Crippen LogP contribution >= 0.6 is 0 Å². The van der Waals surface area contributed by atoms with Crippen LogP contribution in [-0.2, 0) is 12.8 Å². The number of benzene rings is 2. The molecule has 2 aromatic rings. The van der Waals surface area contributed by atoms with Crippen LogP contribution in [0.25, 0.3) is 0 Å². The Morgan fingerprint density at radius 3 is 2.45 bits per heavy atom. The fourth-order valence-corrected chi connectivity index (χ4v) is 1.97. The molecule has 0 bridgehead atoms. The Balaban J connectivity index is 2.26. The third kappa shape index (κ3) is 3.58. The topological polar surface area (TPSA) is 35.5 Å². The van der Waals surface area contributed by atoms with Crippen molar-refractivity contribution < 1.29 is 27.4 Å². The Bertz CT molecular complexity index is 666. The maximum atomic E-state index is 12.9. The van der Waals surface area contributed by atoms with Gasteiger partial charge in [0.25, 0.3) is 0 Å². The van der Waals surface area contributed by atoms with E-state index in [1.165, 1.54) is 31.4 Å². The van der Waals surface area contributed by atoms with Gasteiger partial charge < -0.3 is 9.47 Å². The van der Waals surface area contributed by atoms with E-state index in [1.807, 2.05) is 0 Å². The predicted octanol–water partition coefficient (Wildman–Crippen LogP) is 4.11. The SMILES string of the molecule is COc1ccc(C=O)cc1COc1ccccc1C(F)(F)F. The second-order valence-corrected chi connectivity index (χ2v) is 4.47. The number of alkyl halides is 3. The highest BCUT2D eigenvalue weighted by Crippen LogP contribution is 2.36. The highest BCUT2D eigenvalue weighted by molar-refractivity contribution is 5.75. The van der Waals surface area contributed by atoms with Crippen molar-refractivity contribution in [2.24, 2.45) is 0 Å². The van der Waals surface area contributed by atoms with E-state index in [9.17, 15) is 18.0 Å². The quantitative estimate of drug-likeness (QED) is 0.780. The number of rotatable bonds is 5. The van der Waals surface area contributed by atoms with Crippen LogP contribution in [0.5, 0.6) is 11.5 Å². The summed E-state index contributed by atoms with van der Waals surface area (Å²) in [5.74, 6) is 0.170. The lowest BCUT2D eigenvalue weighted by atomic mass is 10.1. The van der Waals surface area contributed by atoms with Gasteiger partial charge in [0.05, 0.1) is 12.7 Å². The zero-order valence-electron chi connectivity index (χ0n) is 11.7. The number of aldehydes is 1. The van der Waals surface area contributed by atoms with Crippen LogP contribution < -0.4 is 9.47 Å². The summed E-state index contributed by atoms with van der Waals surface area (Å²) in [5, 5.41) is 0. The van der Waals surface area contributed by atoms with Crippen molar-refractivity contribution >= 4 is 6.29 Å². The van der Waals surface area contributed by atoms with E-state index in [4.69, 9.17) is 9.47 Å². The average Bonchev–Trinajstić information content (AvgIpc) is 2.52. The van der Waals surface area contributed by atoms with Crippen molar-refractivity contribution in [3.63, 3.8) is 0 Å². The first-order valence-electron chi connectivity index (χ1n) is 6.37. The Morgan fingerprint density at radius 2 is 1.82 bits per heavy atom. The highest BCUT2D eigenvalue weighted by Gasteiger charge is 2.34. The van der Waals surface area contributed by atoms with E-state index in [-0.39, 0.29) is 12.4 Å². The van der Waals surface area contributed by atoms with Crippen molar-refractivity contribution in [2.75, 3.05) is 7.11 Å². The maximum Gasteiger partial charge on any atom is 0.419 e. The van der Waals surface area contributed by atoms with Crippen LogP contribution in [0.3, 0.4) is 0 Å². The smallest absolute Gasteiger partial charge is 0.419 e. The van der Waals surface area contributed by atoms with Gasteiger partial charge in [0, 0.05) is 11.1 Å². The molecule has 0 saturated carbocycles. The molecule has 3 nitrogen and oxygen atoms in total. The Morgan fingerprint density at radius 1 is 1.09 bits per heavy atom. The molecule has 116 valence electrons. The number of ether oxygens (including phenoxy) is 2. The number of para-hydroxylation sites is 1. The highest BCUT2D eigenvalue weighted by atomic mass is 19.4. The molecule has 0 amide bonds. The van der Waals surface area contributed by atoms with Crippen LogP contribution in [0.2, 0.25) is 0 Å². The van der Waals surface area contributed by atoms with E-state index in [1.54, 1.807) is 12.1 Å². The van der Waals surface area contributed by atoms with Gasteiger partial charge in [-0.2, -0.15) is 13.2 Å². The fourth-order valence-electron chi connectivity index (χ4n) is 1.97. The summed E-state index contributed by atoms with van der Waals surface area (Å²) in [6.07, 6.45) is -3.85. The van der Waals surface area contributed by atoms with Crippen LogP contribution in [0.1, 0.15) is 21.5 Å². The van der Waals surface area contributed by atoms with E-state index in [2.05, 4.69) is 0 Å². The van der Waals surface area contributed by atoms with E-state index < -0.39 is 11.7 Å². The summed E-state index contributed by atoms with van der Waals surface area (Å²) in [5.41, 5.74) is 0.0353. The molecule has 22 heavy (non-hydrogen) atoms. The van der Waals surface area contributed by atoms with Gasteiger partial charge in [-0.25, -0.2) is 0 Å². The number of hydrogen-bond acceptors (Lipinski definition) is 3. The molecule has 0 atom stereocenters. The largest absolute Gasteiger partial charge is 0.496 e. The van der Waals surface area contributed by atoms with Gasteiger partial charge in [-0.3, -0.25) is 4.79 Å². The van der Waals surface area contributed by atoms with Crippen LogP contribution in [0.15, 0.2) is 42.5 Å². The molecule has 0 heterocycles. The summed E-state index contributed by atoms with van der Waals surface area (Å²) in [4.78, 5) is 10.8. The van der Waals surface area contributed by atoms with Crippen molar-refractivity contribution in [3.05, 3.63) is 59.2 Å². The zero-order chi connectivity index (χ0) is 16.2. The minimum atomic E-state index is -4.49. The minimum Gasteiger partial charge on any atom is -0.496 e. The summed E-state index contributed by atoms with van der Waals surface area (Å²) in [7, 11) is 1.43. The maximum absolute atomic E-state index is 12.9. The van der Waals surface area contributed by atoms with Gasteiger partial charge in [-0.15, -0.1) is 0 Å². The lowest BCUT2D eigenvalue weighted by molar-refractivity contribution is -0.139. The molecular formula is C16H13F3O3. The van der Waals surface area contributed by atoms with Gasteiger partial charge >= 0.3 is 6.18 Å². The zero-order valence-corrected chi connectivity index (χ0v) is 11.7. The second kappa shape index (κ2) is 6.51. The second-order valence-electron chi connectivity index (χ2n) is 4.47. The number of carbonyl (C=O) groups excluding carboxylic acids is 1. The number of hydrogen-bond donors (Lipinski definition) is 0. The molecule has 0 radical (unpaired) electrons. The van der Waals surface area contributed by atoms with Crippen LogP contribution in [-0.4, -0.2) is 13.4 Å². The standard InChI is InChI=1S/C16H13F3O3/c1-21-14-7-6-11(9-20)8-12(14)10-22-15-5-3-2-4-13(15)16(17,18)19/h2-9H,10H2,1H3. The van der Waals surface area contributed by atoms with Crippen molar-refractivity contribution in [1.29, 1.82) is 0 Å². The van der Waals surface area contributed by atoms with Gasteiger partial charge in [0.15, 0.2) is 0 Å². The normalized spacial score (nSPS) is 11.1. The van der Waals surface area contributed by atoms with E-state index in [0.717, 1.165) is 6.07 Å². The first-order valence-corrected chi connectivity index (χ1v) is 6.37. The van der Waals surface area contributed by atoms with Crippen molar-refractivity contribution in [3.8, 4) is 11.5 Å². The molecule has 0 aliphatic carbocycles. The molecule has 0 saturated heterocycles. The molecule has 0 aliphatic heterocycles. The Kier molecular flexibility index (Phi) is 4.70. The molecular weight excluding hydrogens is 297 g/mol. The minimum absolute atomic E-state index is 0.141. The van der Waals surface area contributed by atoms with Gasteiger partial charge in [-0.1, -0.05) is 12.1 Å². The average molecular weight is 310 g/mol. The predicted molar refractivity (Wildman–Crippen MR) is 74.2 cm³/mol. The lowest BCUT2D eigenvalue weighted by Gasteiger charge is -2.15. The number of halogens is 3. The molecule has 2 aromatic carbocycles. The van der Waals surface area contributed by atoms with Crippen molar-refractivity contribution in [1.82, 2.24) is 0 Å². The summed E-state index contributed by atoms with van der Waals surface area (Å²) >= 11 is 0. The first kappa shape index (κ1) is 15.9. The van der Waals surface area contributed by atoms with E-state index >= 15 is 0 Å². The third-order valence-corrected chi connectivity index (χ3v) is 3.02. The van der Waals surface area contributed by atoms with E-state index in [0.29, 0.717) is 23.2 Å². The molecule has 0 aromatic heterocycles. The molecule has 0 aliphatic rings. The third-order valence-electron chi connectivity index (χ3n) is 3.02. The monoisotopic (exact) mass is 310 g/mol.